The van der Waals surface area contributed by atoms with Gasteiger partial charge in [0, 0.05) is 6.66 Å². The summed E-state index contributed by atoms with van der Waals surface area (Å²) in [4.78, 5) is 0. The van der Waals surface area contributed by atoms with E-state index in [9.17, 15) is 8.76 Å². The van der Waals surface area contributed by atoms with Gasteiger partial charge in [-0.25, -0.2) is 0 Å². The summed E-state index contributed by atoms with van der Waals surface area (Å²) in [6.45, 7) is 4.22. The first-order valence-corrected chi connectivity index (χ1v) is 4.33. The van der Waals surface area contributed by atoms with Crippen LogP contribution < -0.4 is 51.4 Å². The number of halogens is 1. The van der Waals surface area contributed by atoms with Crippen molar-refractivity contribution in [2.75, 3.05) is 6.66 Å². The fraction of sp³-hybridized carbons (Fsp3) is 1.00. The van der Waals surface area contributed by atoms with Crippen LogP contribution in [0, 0.1) is 0 Å². The van der Waals surface area contributed by atoms with E-state index in [1.54, 1.807) is 13.8 Å². The quantitative estimate of drug-likeness (QED) is 0.422. The molecule has 1 unspecified atom stereocenters. The van der Waals surface area contributed by atoms with Gasteiger partial charge in [-0.3, -0.25) is 4.57 Å². The zero-order valence-corrected chi connectivity index (χ0v) is 10.7. The molecular formula is C4H11FKO3P. The zero-order chi connectivity index (χ0) is 6.78. The van der Waals surface area contributed by atoms with Gasteiger partial charge < -0.3 is 10.00 Å². The van der Waals surface area contributed by atoms with Crippen LogP contribution >= 0.6 is 7.68 Å². The first-order valence-electron chi connectivity index (χ1n) is 2.37. The van der Waals surface area contributed by atoms with E-state index in [-0.39, 0.29) is 63.0 Å². The molecule has 0 aliphatic carbocycles. The van der Waals surface area contributed by atoms with Crippen LogP contribution in [0.1, 0.15) is 13.8 Å². The number of hydrogen-bond donors (Lipinski definition) is 0. The van der Waals surface area contributed by atoms with Crippen molar-refractivity contribution in [1.29, 1.82) is 0 Å². The summed E-state index contributed by atoms with van der Waals surface area (Å²) in [5.74, 6) is 0. The molecule has 0 aromatic carbocycles. The van der Waals surface area contributed by atoms with Crippen LogP contribution in [-0.4, -0.2) is 18.2 Å². The Labute approximate surface area is 103 Å². The van der Waals surface area contributed by atoms with Crippen LogP contribution in [0.15, 0.2) is 0 Å². The molecule has 0 saturated heterocycles. The van der Waals surface area contributed by atoms with Crippen molar-refractivity contribution < 1.29 is 70.1 Å². The second kappa shape index (κ2) is 7.37. The Bertz CT molecular complexity index is 113. The maximum atomic E-state index is 12.0. The van der Waals surface area contributed by atoms with Gasteiger partial charge >= 0.3 is 59.1 Å². The first-order chi connectivity index (χ1) is 3.42. The minimum absolute atomic E-state index is 0. The third-order valence-electron chi connectivity index (χ3n) is 0.399. The van der Waals surface area contributed by atoms with E-state index in [0.29, 0.717) is 0 Å². The topological polar surface area (TPSA) is 56.3 Å². The molecule has 1 N–H and O–H groups in total. The van der Waals surface area contributed by atoms with E-state index in [1.165, 1.54) is 0 Å². The molecule has 0 aromatic heterocycles. The Balaban J connectivity index is -0.000000245. The standard InChI is InChI=1S/C4H10FO2P.K.H2O/c1-4(2)7-8(3,5)6;;/h4H,1-3H3;;1H2/q;+1;/p-1. The van der Waals surface area contributed by atoms with Crippen LogP contribution in [-0.2, 0) is 9.09 Å². The Kier molecular flexibility index (Phi) is 13.1. The van der Waals surface area contributed by atoms with E-state index >= 15 is 0 Å². The predicted octanol–water partition coefficient (Wildman–Crippen LogP) is -0.969. The molecule has 6 heteroatoms. The van der Waals surface area contributed by atoms with E-state index in [2.05, 4.69) is 4.52 Å². The van der Waals surface area contributed by atoms with Crippen molar-refractivity contribution in [3.8, 4) is 0 Å². The van der Waals surface area contributed by atoms with Gasteiger partial charge in [0.25, 0.3) is 0 Å². The minimum Gasteiger partial charge on any atom is -0.870 e. The van der Waals surface area contributed by atoms with E-state index < -0.39 is 7.68 Å². The number of hydrogen-bond acceptors (Lipinski definition) is 3. The van der Waals surface area contributed by atoms with E-state index in [1.807, 2.05) is 0 Å². The maximum absolute atomic E-state index is 12.0. The molecule has 0 amide bonds. The van der Waals surface area contributed by atoms with Crippen LogP contribution in [0.4, 0.5) is 4.20 Å². The van der Waals surface area contributed by atoms with Crippen molar-refractivity contribution in [3.63, 3.8) is 0 Å². The molecule has 58 valence electrons. The molecule has 3 nitrogen and oxygen atoms in total. The summed E-state index contributed by atoms with van der Waals surface area (Å²) in [6.07, 6.45) is -0.296. The maximum Gasteiger partial charge on any atom is 1.00 e. The largest absolute Gasteiger partial charge is 1.00 e. The van der Waals surface area contributed by atoms with Gasteiger partial charge in [0.05, 0.1) is 6.10 Å². The monoisotopic (exact) mass is 196 g/mol. The first kappa shape index (κ1) is 17.7. The average molecular weight is 196 g/mol. The van der Waals surface area contributed by atoms with Crippen LogP contribution in [0.3, 0.4) is 0 Å². The van der Waals surface area contributed by atoms with Crippen molar-refractivity contribution >= 4 is 7.68 Å². The summed E-state index contributed by atoms with van der Waals surface area (Å²) in [6, 6.07) is 0. The van der Waals surface area contributed by atoms with Crippen molar-refractivity contribution in [2.24, 2.45) is 0 Å². The normalized spacial score (nSPS) is 14.9. The van der Waals surface area contributed by atoms with Gasteiger partial charge in [0.15, 0.2) is 0 Å². The molecule has 0 bridgehead atoms. The molecule has 0 aromatic rings. The van der Waals surface area contributed by atoms with Gasteiger partial charge in [-0.1, -0.05) is 0 Å². The summed E-state index contributed by atoms with van der Waals surface area (Å²) in [5.41, 5.74) is 0. The van der Waals surface area contributed by atoms with E-state index in [4.69, 9.17) is 0 Å². The fourth-order valence-electron chi connectivity index (χ4n) is 0.377. The Morgan fingerprint density at radius 2 is 1.80 bits per heavy atom. The van der Waals surface area contributed by atoms with Crippen LogP contribution in [0.25, 0.3) is 0 Å². The van der Waals surface area contributed by atoms with Gasteiger partial charge in [0.2, 0.25) is 0 Å². The SMILES string of the molecule is CC(C)OP(C)(=O)F.[K+].[OH-]. The molecule has 0 rings (SSSR count). The summed E-state index contributed by atoms with van der Waals surface area (Å²) in [7, 11) is -3.72. The Hall–Kier alpha value is 1.72. The van der Waals surface area contributed by atoms with Crippen molar-refractivity contribution in [2.45, 2.75) is 20.0 Å². The fourth-order valence-corrected chi connectivity index (χ4v) is 1.13. The van der Waals surface area contributed by atoms with Gasteiger partial charge in [-0.2, -0.15) is 4.20 Å². The number of rotatable bonds is 2. The van der Waals surface area contributed by atoms with Crippen molar-refractivity contribution in [3.05, 3.63) is 0 Å². The van der Waals surface area contributed by atoms with Crippen molar-refractivity contribution in [1.82, 2.24) is 0 Å². The summed E-state index contributed by atoms with van der Waals surface area (Å²) < 4.78 is 26.4. The third kappa shape index (κ3) is 16.4. The molecule has 0 heterocycles. The average Bonchev–Trinajstić information content (AvgIpc) is 1.21. The van der Waals surface area contributed by atoms with Crippen LogP contribution in [0.5, 0.6) is 0 Å². The molecule has 1 atom stereocenters. The Morgan fingerprint density at radius 1 is 1.50 bits per heavy atom. The molecule has 0 saturated carbocycles. The molecule has 0 radical (unpaired) electrons. The molecular weight excluding hydrogens is 185 g/mol. The zero-order valence-electron chi connectivity index (χ0n) is 6.67. The third-order valence-corrected chi connectivity index (χ3v) is 1.20. The summed E-state index contributed by atoms with van der Waals surface area (Å²) in [5, 5.41) is 0. The molecule has 0 spiro atoms. The second-order valence-electron chi connectivity index (χ2n) is 1.90. The molecule has 0 aliphatic rings. The summed E-state index contributed by atoms with van der Waals surface area (Å²) >= 11 is 0. The van der Waals surface area contributed by atoms with Gasteiger partial charge in [0.1, 0.15) is 0 Å². The van der Waals surface area contributed by atoms with Gasteiger partial charge in [-0.15, -0.1) is 0 Å². The van der Waals surface area contributed by atoms with Gasteiger partial charge in [-0.05, 0) is 13.8 Å². The molecule has 10 heavy (non-hydrogen) atoms. The molecule has 0 fully saturated rings. The molecule has 0 aliphatic heterocycles. The van der Waals surface area contributed by atoms with E-state index in [0.717, 1.165) is 6.66 Å². The second-order valence-corrected chi connectivity index (χ2v) is 3.61. The van der Waals surface area contributed by atoms with Crippen LogP contribution in [0.2, 0.25) is 0 Å². The smallest absolute Gasteiger partial charge is 0.870 e. The minimum atomic E-state index is -3.72. The predicted molar refractivity (Wildman–Crippen MR) is 32.8 cm³/mol. The Morgan fingerprint density at radius 3 is 1.80 bits per heavy atom.